The van der Waals surface area contributed by atoms with Crippen molar-refractivity contribution in [3.05, 3.63) is 35.4 Å². The molecule has 0 radical (unpaired) electrons. The summed E-state index contributed by atoms with van der Waals surface area (Å²) in [6, 6.07) is 4.21. The van der Waals surface area contributed by atoms with Gasteiger partial charge in [-0.1, -0.05) is 6.07 Å². The number of benzene rings is 1. The summed E-state index contributed by atoms with van der Waals surface area (Å²) in [5, 5.41) is 0. The Hall–Kier alpha value is -1.00. The summed E-state index contributed by atoms with van der Waals surface area (Å²) in [5.41, 5.74) is 0.572. The molecule has 4 heteroatoms. The standard InChI is InChI=1S/C13H18F2N2/c1-10-8-16(2)5-6-17(10)9-11-3-4-12(14)7-13(11)15/h3-4,7,10H,5-6,8-9H2,1-2H3. The lowest BCUT2D eigenvalue weighted by atomic mass is 10.1. The van der Waals surface area contributed by atoms with Crippen LogP contribution in [0.25, 0.3) is 0 Å². The molecule has 0 aromatic heterocycles. The van der Waals surface area contributed by atoms with Crippen LogP contribution in [0.5, 0.6) is 0 Å². The summed E-state index contributed by atoms with van der Waals surface area (Å²) in [6.07, 6.45) is 0. The molecule has 0 saturated carbocycles. The van der Waals surface area contributed by atoms with Crippen LogP contribution in [0.2, 0.25) is 0 Å². The zero-order valence-electron chi connectivity index (χ0n) is 10.3. The van der Waals surface area contributed by atoms with Crippen molar-refractivity contribution in [2.75, 3.05) is 26.7 Å². The Kier molecular flexibility index (Phi) is 3.74. The number of nitrogens with zero attached hydrogens (tertiary/aromatic N) is 2. The first-order valence-electron chi connectivity index (χ1n) is 5.93. The molecule has 1 aliphatic rings. The smallest absolute Gasteiger partial charge is 0.130 e. The van der Waals surface area contributed by atoms with Gasteiger partial charge in [-0.15, -0.1) is 0 Å². The lowest BCUT2D eigenvalue weighted by Crippen LogP contribution is -2.49. The average molecular weight is 240 g/mol. The molecule has 1 fully saturated rings. The summed E-state index contributed by atoms with van der Waals surface area (Å²) in [6.45, 7) is 5.60. The van der Waals surface area contributed by atoms with Crippen molar-refractivity contribution >= 4 is 0 Å². The minimum absolute atomic E-state index is 0.401. The predicted molar refractivity (Wildman–Crippen MR) is 63.7 cm³/mol. The van der Waals surface area contributed by atoms with Gasteiger partial charge < -0.3 is 4.90 Å². The van der Waals surface area contributed by atoms with Crippen molar-refractivity contribution < 1.29 is 8.78 Å². The van der Waals surface area contributed by atoms with Crippen LogP contribution in [0.3, 0.4) is 0 Å². The van der Waals surface area contributed by atoms with E-state index in [0.717, 1.165) is 25.7 Å². The van der Waals surface area contributed by atoms with Crippen LogP contribution in [0.1, 0.15) is 12.5 Å². The maximum atomic E-state index is 13.5. The predicted octanol–water partition coefficient (Wildman–Crippen LogP) is 2.10. The fourth-order valence-electron chi connectivity index (χ4n) is 2.28. The van der Waals surface area contributed by atoms with E-state index in [-0.39, 0.29) is 0 Å². The molecule has 2 nitrogen and oxygen atoms in total. The maximum Gasteiger partial charge on any atom is 0.130 e. The third kappa shape index (κ3) is 3.01. The van der Waals surface area contributed by atoms with E-state index in [1.165, 1.54) is 12.1 Å². The number of halogens is 2. The molecule has 1 unspecified atom stereocenters. The van der Waals surface area contributed by atoms with Crippen LogP contribution in [0.15, 0.2) is 18.2 Å². The van der Waals surface area contributed by atoms with Gasteiger partial charge in [-0.05, 0) is 20.0 Å². The van der Waals surface area contributed by atoms with Crippen molar-refractivity contribution in [1.29, 1.82) is 0 Å². The minimum atomic E-state index is -0.516. The highest BCUT2D eigenvalue weighted by molar-refractivity contribution is 5.18. The molecule has 2 rings (SSSR count). The van der Waals surface area contributed by atoms with Crippen LogP contribution < -0.4 is 0 Å². The zero-order valence-corrected chi connectivity index (χ0v) is 10.3. The summed E-state index contributed by atoms with van der Waals surface area (Å²) < 4.78 is 26.3. The van der Waals surface area contributed by atoms with Crippen molar-refractivity contribution in [1.82, 2.24) is 9.80 Å². The van der Waals surface area contributed by atoms with Gasteiger partial charge in [0.25, 0.3) is 0 Å². The van der Waals surface area contributed by atoms with Gasteiger partial charge in [0.15, 0.2) is 0 Å². The van der Waals surface area contributed by atoms with Crippen LogP contribution in [-0.4, -0.2) is 42.5 Å². The van der Waals surface area contributed by atoms with E-state index < -0.39 is 11.6 Å². The molecular weight excluding hydrogens is 222 g/mol. The Morgan fingerprint density at radius 3 is 2.71 bits per heavy atom. The van der Waals surface area contributed by atoms with Crippen LogP contribution in [0.4, 0.5) is 8.78 Å². The molecule has 1 aliphatic heterocycles. The van der Waals surface area contributed by atoms with Gasteiger partial charge in [-0.2, -0.15) is 0 Å². The normalized spacial score (nSPS) is 22.9. The van der Waals surface area contributed by atoms with E-state index in [1.807, 2.05) is 0 Å². The first kappa shape index (κ1) is 12.5. The summed E-state index contributed by atoms with van der Waals surface area (Å²) in [7, 11) is 2.09. The number of hydrogen-bond acceptors (Lipinski definition) is 2. The van der Waals surface area contributed by atoms with Crippen molar-refractivity contribution in [2.45, 2.75) is 19.5 Å². The second-order valence-corrected chi connectivity index (χ2v) is 4.82. The molecule has 94 valence electrons. The third-order valence-corrected chi connectivity index (χ3v) is 3.36. The summed E-state index contributed by atoms with van der Waals surface area (Å²) >= 11 is 0. The number of hydrogen-bond donors (Lipinski definition) is 0. The zero-order chi connectivity index (χ0) is 12.4. The second kappa shape index (κ2) is 5.10. The largest absolute Gasteiger partial charge is 0.304 e. The molecule has 1 aromatic rings. The minimum Gasteiger partial charge on any atom is -0.304 e. The Bertz CT molecular complexity index is 395. The molecule has 0 aliphatic carbocycles. The van der Waals surface area contributed by atoms with Gasteiger partial charge in [0.2, 0.25) is 0 Å². The highest BCUT2D eigenvalue weighted by atomic mass is 19.1. The SMILES string of the molecule is CC1CN(C)CCN1Cc1ccc(F)cc1F. The molecular formula is C13H18F2N2. The van der Waals surface area contributed by atoms with Crippen molar-refractivity contribution in [3.63, 3.8) is 0 Å². The quantitative estimate of drug-likeness (QED) is 0.781. The topological polar surface area (TPSA) is 6.48 Å². The monoisotopic (exact) mass is 240 g/mol. The van der Waals surface area contributed by atoms with Gasteiger partial charge in [-0.3, -0.25) is 4.90 Å². The average Bonchev–Trinajstić information content (AvgIpc) is 2.25. The van der Waals surface area contributed by atoms with Crippen LogP contribution in [0, 0.1) is 11.6 Å². The van der Waals surface area contributed by atoms with Gasteiger partial charge in [0.05, 0.1) is 0 Å². The molecule has 0 bridgehead atoms. The molecule has 1 saturated heterocycles. The molecule has 17 heavy (non-hydrogen) atoms. The molecule has 0 N–H and O–H groups in total. The summed E-state index contributed by atoms with van der Waals surface area (Å²) in [5.74, 6) is -0.964. The van der Waals surface area contributed by atoms with Crippen molar-refractivity contribution in [3.8, 4) is 0 Å². The van der Waals surface area contributed by atoms with Gasteiger partial charge in [0, 0.05) is 43.9 Å². The highest BCUT2D eigenvalue weighted by Gasteiger charge is 2.22. The molecule has 1 heterocycles. The lowest BCUT2D eigenvalue weighted by molar-refractivity contribution is 0.0928. The van der Waals surface area contributed by atoms with E-state index in [1.54, 1.807) is 0 Å². The van der Waals surface area contributed by atoms with E-state index in [2.05, 4.69) is 23.8 Å². The van der Waals surface area contributed by atoms with E-state index in [9.17, 15) is 8.78 Å². The Balaban J connectivity index is 2.05. The number of rotatable bonds is 2. The fourth-order valence-corrected chi connectivity index (χ4v) is 2.28. The Morgan fingerprint density at radius 1 is 1.29 bits per heavy atom. The van der Waals surface area contributed by atoms with Crippen molar-refractivity contribution in [2.24, 2.45) is 0 Å². The van der Waals surface area contributed by atoms with Gasteiger partial charge in [-0.25, -0.2) is 8.78 Å². The first-order chi connectivity index (χ1) is 8.06. The molecule has 0 amide bonds. The van der Waals surface area contributed by atoms with E-state index >= 15 is 0 Å². The first-order valence-corrected chi connectivity index (χ1v) is 5.93. The summed E-state index contributed by atoms with van der Waals surface area (Å²) in [4.78, 5) is 4.50. The molecule has 1 aromatic carbocycles. The van der Waals surface area contributed by atoms with Crippen LogP contribution in [-0.2, 0) is 6.54 Å². The second-order valence-electron chi connectivity index (χ2n) is 4.82. The van der Waals surface area contributed by atoms with Gasteiger partial charge in [0.1, 0.15) is 11.6 Å². The highest BCUT2D eigenvalue weighted by Crippen LogP contribution is 2.16. The molecule has 1 atom stereocenters. The van der Waals surface area contributed by atoms with E-state index in [4.69, 9.17) is 0 Å². The van der Waals surface area contributed by atoms with E-state index in [0.29, 0.717) is 18.2 Å². The fraction of sp³-hybridized carbons (Fsp3) is 0.538. The third-order valence-electron chi connectivity index (χ3n) is 3.36. The number of likely N-dealkylation sites (N-methyl/N-ethyl adjacent to an activating group) is 1. The Morgan fingerprint density at radius 2 is 2.06 bits per heavy atom. The maximum absolute atomic E-state index is 13.5. The number of piperazine rings is 1. The van der Waals surface area contributed by atoms with Crippen LogP contribution >= 0.6 is 0 Å². The van der Waals surface area contributed by atoms with Gasteiger partial charge >= 0.3 is 0 Å². The lowest BCUT2D eigenvalue weighted by Gasteiger charge is -2.38. The molecule has 0 spiro atoms. The Labute approximate surface area is 101 Å².